The summed E-state index contributed by atoms with van der Waals surface area (Å²) in [7, 11) is 1.83. The van der Waals surface area contributed by atoms with Crippen LogP contribution in [0.5, 0.6) is 0 Å². The van der Waals surface area contributed by atoms with Gasteiger partial charge in [-0.3, -0.25) is 4.79 Å². The van der Waals surface area contributed by atoms with Crippen LogP contribution < -0.4 is 5.32 Å². The van der Waals surface area contributed by atoms with Gasteiger partial charge >= 0.3 is 0 Å². The van der Waals surface area contributed by atoms with E-state index in [-0.39, 0.29) is 11.5 Å². The highest BCUT2D eigenvalue weighted by atomic mass is 16.5. The van der Waals surface area contributed by atoms with E-state index in [1.807, 2.05) is 30.1 Å². The summed E-state index contributed by atoms with van der Waals surface area (Å²) in [4.78, 5) is 23.5. The van der Waals surface area contributed by atoms with E-state index in [2.05, 4.69) is 15.3 Å². The Labute approximate surface area is 147 Å². The third kappa shape index (κ3) is 3.06. The van der Waals surface area contributed by atoms with Gasteiger partial charge in [-0.1, -0.05) is 0 Å². The quantitative estimate of drug-likeness (QED) is 0.910. The number of nitrogens with zero attached hydrogens (tertiary/aromatic N) is 3. The van der Waals surface area contributed by atoms with Crippen molar-refractivity contribution in [3.05, 3.63) is 30.1 Å². The second-order valence-electron chi connectivity index (χ2n) is 7.02. The molecule has 1 aromatic carbocycles. The number of benzene rings is 1. The summed E-state index contributed by atoms with van der Waals surface area (Å²) < 4.78 is 6.10. The first-order chi connectivity index (χ1) is 12.2. The van der Waals surface area contributed by atoms with E-state index in [1.54, 1.807) is 0 Å². The van der Waals surface area contributed by atoms with Crippen LogP contribution in [0.2, 0.25) is 0 Å². The molecule has 2 aliphatic heterocycles. The van der Waals surface area contributed by atoms with Crippen molar-refractivity contribution >= 4 is 22.6 Å². The molecule has 1 atom stereocenters. The Morgan fingerprint density at radius 1 is 1.24 bits per heavy atom. The van der Waals surface area contributed by atoms with Gasteiger partial charge in [0.1, 0.15) is 12.1 Å². The summed E-state index contributed by atoms with van der Waals surface area (Å²) in [6, 6.07) is 5.66. The zero-order valence-electron chi connectivity index (χ0n) is 14.6. The lowest BCUT2D eigenvalue weighted by atomic mass is 9.85. The van der Waals surface area contributed by atoms with Gasteiger partial charge in [0.25, 0.3) is 5.91 Å². The van der Waals surface area contributed by atoms with Gasteiger partial charge in [0.05, 0.1) is 11.1 Å². The molecule has 132 valence electrons. The Morgan fingerprint density at radius 3 is 2.92 bits per heavy atom. The van der Waals surface area contributed by atoms with Crippen molar-refractivity contribution in [2.24, 2.45) is 0 Å². The third-order valence-corrected chi connectivity index (χ3v) is 5.38. The molecule has 2 aromatic rings. The topological polar surface area (TPSA) is 67.4 Å². The number of ether oxygens (including phenoxy) is 1. The molecule has 6 nitrogen and oxygen atoms in total. The van der Waals surface area contributed by atoms with Crippen molar-refractivity contribution < 1.29 is 9.53 Å². The first kappa shape index (κ1) is 16.3. The first-order valence-corrected chi connectivity index (χ1v) is 9.07. The molecule has 2 aliphatic rings. The second kappa shape index (κ2) is 6.59. The molecular weight excluding hydrogens is 316 g/mol. The number of hydrogen-bond donors (Lipinski definition) is 1. The van der Waals surface area contributed by atoms with E-state index >= 15 is 0 Å². The zero-order valence-corrected chi connectivity index (χ0v) is 14.6. The number of nitrogens with one attached hydrogen (secondary N) is 1. The predicted molar refractivity (Wildman–Crippen MR) is 96.8 cm³/mol. The van der Waals surface area contributed by atoms with Crippen molar-refractivity contribution in [2.75, 3.05) is 32.1 Å². The molecule has 0 aliphatic carbocycles. The molecule has 0 radical (unpaired) electrons. The van der Waals surface area contributed by atoms with Crippen LogP contribution in [-0.4, -0.2) is 53.1 Å². The Morgan fingerprint density at radius 2 is 2.12 bits per heavy atom. The largest absolute Gasteiger partial charge is 0.373 e. The van der Waals surface area contributed by atoms with E-state index in [0.29, 0.717) is 12.1 Å². The lowest BCUT2D eigenvalue weighted by Crippen LogP contribution is -2.53. The number of carbonyl (C=O) groups excluding carboxylic acids is 1. The summed E-state index contributed by atoms with van der Waals surface area (Å²) in [6.45, 7) is 2.32. The van der Waals surface area contributed by atoms with Crippen LogP contribution in [0.3, 0.4) is 0 Å². The summed E-state index contributed by atoms with van der Waals surface area (Å²) in [5, 5.41) is 3.98. The van der Waals surface area contributed by atoms with Crippen molar-refractivity contribution in [2.45, 2.75) is 37.7 Å². The van der Waals surface area contributed by atoms with Crippen LogP contribution in [0.1, 0.15) is 42.5 Å². The fourth-order valence-electron chi connectivity index (χ4n) is 4.08. The molecule has 1 unspecified atom stereocenters. The van der Waals surface area contributed by atoms with Crippen LogP contribution in [-0.2, 0) is 4.74 Å². The van der Waals surface area contributed by atoms with Gasteiger partial charge in [0.2, 0.25) is 0 Å². The Bertz CT molecular complexity index is 781. The molecule has 1 amide bonds. The molecule has 1 spiro atoms. The first-order valence-electron chi connectivity index (χ1n) is 9.07. The highest BCUT2D eigenvalue weighted by Gasteiger charge is 2.39. The Hall–Kier alpha value is -2.21. The maximum atomic E-state index is 13.0. The van der Waals surface area contributed by atoms with Crippen molar-refractivity contribution in [1.29, 1.82) is 0 Å². The molecule has 6 heteroatoms. The van der Waals surface area contributed by atoms with Crippen molar-refractivity contribution in [3.8, 4) is 0 Å². The Kier molecular flexibility index (Phi) is 4.29. The number of hydrogen-bond acceptors (Lipinski definition) is 5. The molecule has 1 N–H and O–H groups in total. The monoisotopic (exact) mass is 340 g/mol. The molecular formula is C19H24N4O2. The van der Waals surface area contributed by atoms with Gasteiger partial charge in [-0.25, -0.2) is 9.97 Å². The van der Waals surface area contributed by atoms with Crippen LogP contribution in [0, 0.1) is 0 Å². The van der Waals surface area contributed by atoms with Gasteiger partial charge < -0.3 is 15.0 Å². The molecule has 2 saturated heterocycles. The van der Waals surface area contributed by atoms with Crippen LogP contribution in [0.15, 0.2) is 24.5 Å². The number of likely N-dealkylation sites (tertiary alicyclic amines) is 1. The third-order valence-electron chi connectivity index (χ3n) is 5.38. The number of amides is 1. The highest BCUT2D eigenvalue weighted by molar-refractivity contribution is 5.99. The number of anilines is 1. The van der Waals surface area contributed by atoms with Gasteiger partial charge in [-0.2, -0.15) is 0 Å². The number of aromatic nitrogens is 2. The maximum absolute atomic E-state index is 13.0. The molecule has 4 rings (SSSR count). The SMILES string of the molecule is CNc1ncnc2cc(C(=O)N3CCCC4(CCCCO4)C3)ccc12. The highest BCUT2D eigenvalue weighted by Crippen LogP contribution is 2.34. The normalized spacial score (nSPS) is 23.8. The maximum Gasteiger partial charge on any atom is 0.254 e. The molecule has 25 heavy (non-hydrogen) atoms. The summed E-state index contributed by atoms with van der Waals surface area (Å²) in [5.74, 6) is 0.844. The minimum absolute atomic E-state index is 0.0692. The molecule has 0 saturated carbocycles. The van der Waals surface area contributed by atoms with E-state index < -0.39 is 0 Å². The molecule has 2 fully saturated rings. The predicted octanol–water partition coefficient (Wildman–Crippen LogP) is 2.85. The number of carbonyl (C=O) groups is 1. The lowest BCUT2D eigenvalue weighted by Gasteiger charge is -2.44. The molecule has 1 aromatic heterocycles. The Balaban J connectivity index is 1.59. The van der Waals surface area contributed by atoms with E-state index in [0.717, 1.165) is 55.6 Å². The minimum Gasteiger partial charge on any atom is -0.373 e. The smallest absolute Gasteiger partial charge is 0.254 e. The van der Waals surface area contributed by atoms with Gasteiger partial charge in [0, 0.05) is 37.7 Å². The van der Waals surface area contributed by atoms with Crippen LogP contribution in [0.25, 0.3) is 10.9 Å². The fourth-order valence-corrected chi connectivity index (χ4v) is 4.08. The van der Waals surface area contributed by atoms with Crippen LogP contribution >= 0.6 is 0 Å². The van der Waals surface area contributed by atoms with Crippen molar-refractivity contribution in [1.82, 2.24) is 14.9 Å². The minimum atomic E-state index is -0.121. The average molecular weight is 340 g/mol. The lowest BCUT2D eigenvalue weighted by molar-refractivity contribution is -0.110. The standard InChI is InChI=1S/C19H24N4O2/c1-20-17-15-6-5-14(11-16(15)21-13-22-17)18(24)23-9-4-8-19(12-23)7-2-3-10-25-19/h5-6,11,13H,2-4,7-10,12H2,1H3,(H,20,21,22). The van der Waals surface area contributed by atoms with E-state index in [1.165, 1.54) is 12.7 Å². The van der Waals surface area contributed by atoms with Crippen molar-refractivity contribution in [3.63, 3.8) is 0 Å². The fraction of sp³-hybridized carbons (Fsp3) is 0.526. The summed E-state index contributed by atoms with van der Waals surface area (Å²) in [5.41, 5.74) is 1.34. The number of fused-ring (bicyclic) bond motifs is 1. The van der Waals surface area contributed by atoms with Gasteiger partial charge in [-0.05, 0) is 50.3 Å². The van der Waals surface area contributed by atoms with E-state index in [4.69, 9.17) is 4.74 Å². The summed E-state index contributed by atoms with van der Waals surface area (Å²) >= 11 is 0. The number of rotatable bonds is 2. The van der Waals surface area contributed by atoms with E-state index in [9.17, 15) is 4.79 Å². The van der Waals surface area contributed by atoms with Gasteiger partial charge in [0.15, 0.2) is 0 Å². The number of piperidine rings is 1. The van der Waals surface area contributed by atoms with Crippen LogP contribution in [0.4, 0.5) is 5.82 Å². The van der Waals surface area contributed by atoms with Gasteiger partial charge in [-0.15, -0.1) is 0 Å². The second-order valence-corrected chi connectivity index (χ2v) is 7.02. The zero-order chi connectivity index (χ0) is 17.3. The average Bonchev–Trinajstić information content (AvgIpc) is 2.67. The molecule has 0 bridgehead atoms. The molecule has 3 heterocycles. The summed E-state index contributed by atoms with van der Waals surface area (Å²) in [6.07, 6.45) is 6.98.